The fraction of sp³-hybridized carbons (Fsp3) is 0.538. The Balaban J connectivity index is 1.79. The Morgan fingerprint density at radius 1 is 1.50 bits per heavy atom. The van der Waals surface area contributed by atoms with Gasteiger partial charge in [-0.1, -0.05) is 0 Å². The lowest BCUT2D eigenvalue weighted by Crippen LogP contribution is -2.36. The largest absolute Gasteiger partial charge is 0.384 e. The lowest BCUT2D eigenvalue weighted by molar-refractivity contribution is 0.0938. The summed E-state index contributed by atoms with van der Waals surface area (Å²) in [6.07, 6.45) is 3.81. The van der Waals surface area contributed by atoms with E-state index in [4.69, 9.17) is 5.73 Å². The Morgan fingerprint density at radius 3 is 2.83 bits per heavy atom. The van der Waals surface area contributed by atoms with Gasteiger partial charge in [0.2, 0.25) is 0 Å². The van der Waals surface area contributed by atoms with E-state index in [0.717, 1.165) is 32.5 Å². The van der Waals surface area contributed by atoms with Crippen LogP contribution in [0.3, 0.4) is 0 Å². The third-order valence-corrected chi connectivity index (χ3v) is 3.44. The van der Waals surface area contributed by atoms with Crippen LogP contribution in [0, 0.1) is 5.92 Å². The number of pyridine rings is 1. The van der Waals surface area contributed by atoms with Crippen LogP contribution >= 0.6 is 0 Å². The van der Waals surface area contributed by atoms with Gasteiger partial charge >= 0.3 is 0 Å². The molecule has 2 rings (SSSR count). The number of hydrogen-bond acceptors (Lipinski definition) is 4. The first-order valence-corrected chi connectivity index (χ1v) is 6.33. The van der Waals surface area contributed by atoms with Crippen molar-refractivity contribution in [1.82, 2.24) is 15.2 Å². The zero-order valence-corrected chi connectivity index (χ0v) is 10.7. The number of piperidine rings is 1. The summed E-state index contributed by atoms with van der Waals surface area (Å²) < 4.78 is 0. The van der Waals surface area contributed by atoms with Gasteiger partial charge in [0.15, 0.2) is 0 Å². The average Bonchev–Trinajstić information content (AvgIpc) is 2.38. The summed E-state index contributed by atoms with van der Waals surface area (Å²) in [5.41, 5.74) is 6.05. The summed E-state index contributed by atoms with van der Waals surface area (Å²) in [6.45, 7) is 2.98. The molecular formula is C13H20N4O. The van der Waals surface area contributed by atoms with Gasteiger partial charge in [-0.05, 0) is 51.0 Å². The monoisotopic (exact) mass is 248 g/mol. The summed E-state index contributed by atoms with van der Waals surface area (Å²) in [6, 6.07) is 3.34. The van der Waals surface area contributed by atoms with Crippen molar-refractivity contribution >= 4 is 11.7 Å². The molecule has 0 bridgehead atoms. The van der Waals surface area contributed by atoms with E-state index in [1.54, 1.807) is 12.1 Å². The molecule has 5 nitrogen and oxygen atoms in total. The van der Waals surface area contributed by atoms with Gasteiger partial charge in [0.25, 0.3) is 5.91 Å². The molecule has 3 N–H and O–H groups in total. The lowest BCUT2D eigenvalue weighted by atomic mass is 9.97. The maximum absolute atomic E-state index is 11.9. The highest BCUT2D eigenvalue weighted by molar-refractivity contribution is 5.93. The molecule has 1 amide bonds. The number of nitrogens with zero attached hydrogens (tertiary/aromatic N) is 2. The second-order valence-electron chi connectivity index (χ2n) is 4.93. The van der Waals surface area contributed by atoms with Crippen molar-refractivity contribution in [2.45, 2.75) is 12.8 Å². The molecule has 0 saturated carbocycles. The Morgan fingerprint density at radius 2 is 2.22 bits per heavy atom. The van der Waals surface area contributed by atoms with E-state index < -0.39 is 0 Å². The van der Waals surface area contributed by atoms with Crippen molar-refractivity contribution in [1.29, 1.82) is 0 Å². The molecule has 18 heavy (non-hydrogen) atoms. The van der Waals surface area contributed by atoms with Crippen molar-refractivity contribution in [3.63, 3.8) is 0 Å². The first-order chi connectivity index (χ1) is 8.65. The molecule has 5 heteroatoms. The molecule has 1 aliphatic heterocycles. The number of rotatable bonds is 3. The highest BCUT2D eigenvalue weighted by Gasteiger charge is 2.17. The number of carbonyl (C=O) groups excluding carboxylic acids is 1. The second-order valence-corrected chi connectivity index (χ2v) is 4.93. The van der Waals surface area contributed by atoms with Crippen molar-refractivity contribution in [2.75, 3.05) is 32.4 Å². The first-order valence-electron chi connectivity index (χ1n) is 6.33. The molecule has 0 aromatic carbocycles. The standard InChI is InChI=1S/C13H20N4O/c1-17-6-4-10(5-7-17)8-16-13(18)11-2-3-12(14)15-9-11/h2-3,9-10H,4-8H2,1H3,(H2,14,15)(H,16,18). The summed E-state index contributed by atoms with van der Waals surface area (Å²) in [4.78, 5) is 18.1. The van der Waals surface area contributed by atoms with E-state index >= 15 is 0 Å². The van der Waals surface area contributed by atoms with Crippen molar-refractivity contribution in [2.24, 2.45) is 5.92 Å². The molecule has 0 aliphatic carbocycles. The zero-order chi connectivity index (χ0) is 13.0. The number of likely N-dealkylation sites (tertiary alicyclic amines) is 1. The van der Waals surface area contributed by atoms with E-state index in [9.17, 15) is 4.79 Å². The minimum Gasteiger partial charge on any atom is -0.384 e. The maximum atomic E-state index is 11.9. The number of nitrogens with two attached hydrogens (primary N) is 1. The number of amides is 1. The van der Waals surface area contributed by atoms with E-state index in [1.807, 2.05) is 0 Å². The molecule has 1 fully saturated rings. The fourth-order valence-corrected chi connectivity index (χ4v) is 2.14. The van der Waals surface area contributed by atoms with Gasteiger partial charge in [0.05, 0.1) is 5.56 Å². The minimum atomic E-state index is -0.0681. The smallest absolute Gasteiger partial charge is 0.252 e. The Labute approximate surface area is 107 Å². The van der Waals surface area contributed by atoms with Crippen molar-refractivity contribution in [3.8, 4) is 0 Å². The number of nitrogen functional groups attached to an aromatic ring is 1. The predicted octanol–water partition coefficient (Wildman–Crippen LogP) is 0.735. The average molecular weight is 248 g/mol. The van der Waals surface area contributed by atoms with Gasteiger partial charge in [-0.2, -0.15) is 0 Å². The second kappa shape index (κ2) is 5.82. The maximum Gasteiger partial charge on any atom is 0.252 e. The first kappa shape index (κ1) is 12.8. The molecule has 0 atom stereocenters. The molecule has 1 aliphatic rings. The molecular weight excluding hydrogens is 228 g/mol. The zero-order valence-electron chi connectivity index (χ0n) is 10.7. The van der Waals surface area contributed by atoms with Gasteiger partial charge in [-0.25, -0.2) is 4.98 Å². The van der Waals surface area contributed by atoms with E-state index in [1.165, 1.54) is 6.20 Å². The third-order valence-electron chi connectivity index (χ3n) is 3.44. The summed E-state index contributed by atoms with van der Waals surface area (Å²) >= 11 is 0. The van der Waals surface area contributed by atoms with Crippen LogP contribution in [0.5, 0.6) is 0 Å². The topological polar surface area (TPSA) is 71.2 Å². The van der Waals surface area contributed by atoms with Crippen LogP contribution in [0.25, 0.3) is 0 Å². The highest BCUT2D eigenvalue weighted by atomic mass is 16.1. The quantitative estimate of drug-likeness (QED) is 0.827. The van der Waals surface area contributed by atoms with Crippen LogP contribution < -0.4 is 11.1 Å². The molecule has 0 unspecified atom stereocenters. The number of aromatic nitrogens is 1. The van der Waals surface area contributed by atoms with Crippen molar-refractivity contribution < 1.29 is 4.79 Å². The normalized spacial score (nSPS) is 17.6. The van der Waals surface area contributed by atoms with Crippen LogP contribution in [0.1, 0.15) is 23.2 Å². The van der Waals surface area contributed by atoms with E-state index in [-0.39, 0.29) is 5.91 Å². The van der Waals surface area contributed by atoms with Crippen LogP contribution in [-0.2, 0) is 0 Å². The molecule has 0 spiro atoms. The van der Waals surface area contributed by atoms with Gasteiger partial charge in [-0.3, -0.25) is 4.79 Å². The van der Waals surface area contributed by atoms with Crippen molar-refractivity contribution in [3.05, 3.63) is 23.9 Å². The van der Waals surface area contributed by atoms with Crippen LogP contribution in [0.4, 0.5) is 5.82 Å². The Bertz CT molecular complexity index is 396. The minimum absolute atomic E-state index is 0.0681. The van der Waals surface area contributed by atoms with Gasteiger partial charge < -0.3 is 16.0 Å². The number of nitrogens with one attached hydrogen (secondary N) is 1. The SMILES string of the molecule is CN1CCC(CNC(=O)c2ccc(N)nc2)CC1. The number of anilines is 1. The molecule has 1 saturated heterocycles. The summed E-state index contributed by atoms with van der Waals surface area (Å²) in [5, 5.41) is 2.96. The molecule has 1 aromatic rings. The Hall–Kier alpha value is -1.62. The third kappa shape index (κ3) is 3.43. The van der Waals surface area contributed by atoms with Gasteiger partial charge in [-0.15, -0.1) is 0 Å². The fourth-order valence-electron chi connectivity index (χ4n) is 2.14. The van der Waals surface area contributed by atoms with Gasteiger partial charge in [0, 0.05) is 12.7 Å². The predicted molar refractivity (Wildman–Crippen MR) is 71.2 cm³/mol. The van der Waals surface area contributed by atoms with Gasteiger partial charge in [0.1, 0.15) is 5.82 Å². The van der Waals surface area contributed by atoms with Crippen LogP contribution in [0.15, 0.2) is 18.3 Å². The molecule has 1 aromatic heterocycles. The molecule has 98 valence electrons. The molecule has 2 heterocycles. The number of carbonyl (C=O) groups is 1. The number of hydrogen-bond donors (Lipinski definition) is 2. The Kier molecular flexibility index (Phi) is 4.15. The van der Waals surface area contributed by atoms with Crippen LogP contribution in [0.2, 0.25) is 0 Å². The highest BCUT2D eigenvalue weighted by Crippen LogP contribution is 2.14. The van der Waals surface area contributed by atoms with E-state index in [0.29, 0.717) is 17.3 Å². The lowest BCUT2D eigenvalue weighted by Gasteiger charge is -2.28. The summed E-state index contributed by atoms with van der Waals surface area (Å²) in [7, 11) is 2.13. The molecule has 0 radical (unpaired) electrons. The summed E-state index contributed by atoms with van der Waals surface area (Å²) in [5.74, 6) is 0.954. The van der Waals surface area contributed by atoms with E-state index in [2.05, 4.69) is 22.2 Å². The van der Waals surface area contributed by atoms with Crippen LogP contribution in [-0.4, -0.2) is 42.5 Å².